The minimum Gasteiger partial charge on any atom is -0.465 e. The van der Waals surface area contributed by atoms with E-state index in [0.29, 0.717) is 23.4 Å². The normalized spacial score (nSPS) is 25.7. The van der Waals surface area contributed by atoms with E-state index >= 15 is 0 Å². The third kappa shape index (κ3) is 5.33. The lowest BCUT2D eigenvalue weighted by Crippen LogP contribution is -2.52. The van der Waals surface area contributed by atoms with Crippen LogP contribution < -0.4 is 5.32 Å². The van der Waals surface area contributed by atoms with Gasteiger partial charge >= 0.3 is 12.2 Å². The van der Waals surface area contributed by atoms with Crippen LogP contribution in [0.2, 0.25) is 0 Å². The highest BCUT2D eigenvalue weighted by Gasteiger charge is 2.57. The molecular formula is C36H37N7O5. The summed E-state index contributed by atoms with van der Waals surface area (Å²) in [5, 5.41) is 14.5. The Labute approximate surface area is 277 Å². The van der Waals surface area contributed by atoms with Crippen LogP contribution in [0, 0.1) is 29.6 Å². The summed E-state index contributed by atoms with van der Waals surface area (Å²) in [6, 6.07) is 11.5. The first-order valence-corrected chi connectivity index (χ1v) is 16.5. The molecule has 12 nitrogen and oxygen atoms in total. The van der Waals surface area contributed by atoms with E-state index in [9.17, 15) is 19.5 Å². The van der Waals surface area contributed by atoms with E-state index in [4.69, 9.17) is 9.72 Å². The molecule has 4 aliphatic rings. The van der Waals surface area contributed by atoms with Gasteiger partial charge in [0.15, 0.2) is 0 Å². The highest BCUT2D eigenvalue weighted by atomic mass is 16.5. The zero-order valence-corrected chi connectivity index (χ0v) is 26.9. The molecule has 48 heavy (non-hydrogen) atoms. The number of ether oxygens (including phenoxy) is 1. The average molecular weight is 648 g/mol. The molecule has 0 spiro atoms. The number of likely N-dealkylation sites (tertiary alicyclic amines) is 2. The summed E-state index contributed by atoms with van der Waals surface area (Å²) < 4.78 is 4.78. The van der Waals surface area contributed by atoms with E-state index in [1.54, 1.807) is 6.20 Å². The minimum atomic E-state index is -0.892. The molecule has 4 aromatic rings. The van der Waals surface area contributed by atoms with Gasteiger partial charge in [-0.2, -0.15) is 0 Å². The number of aromatic nitrogens is 4. The van der Waals surface area contributed by atoms with Crippen LogP contribution in [-0.4, -0.2) is 78.2 Å². The monoisotopic (exact) mass is 647 g/mol. The van der Waals surface area contributed by atoms with Crippen molar-refractivity contribution in [1.29, 1.82) is 0 Å². The summed E-state index contributed by atoms with van der Waals surface area (Å²) in [7, 11) is 1.30. The quantitative estimate of drug-likeness (QED) is 0.209. The van der Waals surface area contributed by atoms with Crippen molar-refractivity contribution in [3.05, 3.63) is 71.7 Å². The standard InChI is InChI=1S/C36H37N7O5/c1-18(2)31(41-35(45)48-3)34(44)42-27-12-23(27)14-29(42)33-38-17-26(40-33)22-8-7-20-10-19(4-6-21(20)11-22)5-9-25-16-37-32(39-25)30-15-24-13-28(24)43(30)36(46)47/h4,6-8,10-11,16-18,23-24,27-31H,12-15H2,1-3H3,(H,37,39)(H,38,40)(H,41,45)(H,46,47)/t23-,24?,27-,28?,29+,30?,31?/m1/s1. The number of hydrogen-bond acceptors (Lipinski definition) is 6. The Morgan fingerprint density at radius 1 is 0.896 bits per heavy atom. The lowest BCUT2D eigenvalue weighted by Gasteiger charge is -2.31. The van der Waals surface area contributed by atoms with Crippen LogP contribution in [0.25, 0.3) is 22.0 Å². The highest BCUT2D eigenvalue weighted by Crippen LogP contribution is 2.54. The van der Waals surface area contributed by atoms with Gasteiger partial charge in [-0.15, -0.1) is 0 Å². The third-order valence-corrected chi connectivity index (χ3v) is 10.4. The zero-order valence-electron chi connectivity index (χ0n) is 26.9. The fourth-order valence-electron chi connectivity index (χ4n) is 7.71. The third-order valence-electron chi connectivity index (χ3n) is 10.4. The van der Waals surface area contributed by atoms with Gasteiger partial charge in [-0.1, -0.05) is 38.0 Å². The number of aromatic amines is 2. The van der Waals surface area contributed by atoms with Gasteiger partial charge in [-0.3, -0.25) is 9.69 Å². The predicted octanol–water partition coefficient (Wildman–Crippen LogP) is 5.21. The van der Waals surface area contributed by atoms with Crippen molar-refractivity contribution >= 4 is 28.9 Å². The largest absolute Gasteiger partial charge is 0.465 e. The Morgan fingerprint density at radius 2 is 1.56 bits per heavy atom. The number of carbonyl (C=O) groups excluding carboxylic acids is 2. The second kappa shape index (κ2) is 11.4. The number of alkyl carbamates (subject to hydrolysis) is 1. The molecule has 0 bridgehead atoms. The van der Waals surface area contributed by atoms with Crippen LogP contribution in [0.15, 0.2) is 48.8 Å². The number of imidazole rings is 2. The minimum absolute atomic E-state index is 0.0939. The molecule has 0 radical (unpaired) electrons. The molecule has 246 valence electrons. The number of amides is 3. The molecule has 2 saturated carbocycles. The number of benzene rings is 2. The Hall–Kier alpha value is -5.31. The van der Waals surface area contributed by atoms with Crippen LogP contribution in [0.3, 0.4) is 0 Å². The zero-order chi connectivity index (χ0) is 33.3. The number of nitrogens with one attached hydrogen (secondary N) is 3. The van der Waals surface area contributed by atoms with Crippen LogP contribution in [0.1, 0.15) is 74.5 Å². The van der Waals surface area contributed by atoms with E-state index < -0.39 is 18.2 Å². The fourth-order valence-corrected chi connectivity index (χ4v) is 7.71. The smallest absolute Gasteiger partial charge is 0.408 e. The second-order valence-electron chi connectivity index (χ2n) is 13.8. The predicted molar refractivity (Wildman–Crippen MR) is 175 cm³/mol. The number of fused-ring (bicyclic) bond motifs is 3. The first kappa shape index (κ1) is 30.1. The van der Waals surface area contributed by atoms with Crippen molar-refractivity contribution in [3.8, 4) is 23.1 Å². The summed E-state index contributed by atoms with van der Waals surface area (Å²) in [6.45, 7) is 3.83. The van der Waals surface area contributed by atoms with Crippen molar-refractivity contribution in [1.82, 2.24) is 35.1 Å². The molecule has 2 saturated heterocycles. The van der Waals surface area contributed by atoms with E-state index in [1.165, 1.54) is 12.0 Å². The summed E-state index contributed by atoms with van der Waals surface area (Å²) in [4.78, 5) is 56.8. The first-order valence-electron chi connectivity index (χ1n) is 16.5. The number of piperidine rings is 2. The topological polar surface area (TPSA) is 157 Å². The number of nitrogens with zero attached hydrogens (tertiary/aromatic N) is 4. The summed E-state index contributed by atoms with van der Waals surface area (Å²) >= 11 is 0. The molecule has 4 heterocycles. The molecule has 4 fully saturated rings. The average Bonchev–Trinajstić information content (AvgIpc) is 3.68. The molecule has 7 atom stereocenters. The molecule has 12 heteroatoms. The van der Waals surface area contributed by atoms with Crippen molar-refractivity contribution in [3.63, 3.8) is 0 Å². The van der Waals surface area contributed by atoms with Crippen LogP contribution >= 0.6 is 0 Å². The van der Waals surface area contributed by atoms with Crippen LogP contribution in [-0.2, 0) is 9.53 Å². The van der Waals surface area contributed by atoms with Gasteiger partial charge in [-0.05, 0) is 78.3 Å². The van der Waals surface area contributed by atoms with Crippen molar-refractivity contribution in [2.75, 3.05) is 7.11 Å². The van der Waals surface area contributed by atoms with Gasteiger partial charge in [0, 0.05) is 23.2 Å². The van der Waals surface area contributed by atoms with Gasteiger partial charge in [0.2, 0.25) is 5.91 Å². The van der Waals surface area contributed by atoms with Crippen molar-refractivity contribution < 1.29 is 24.2 Å². The van der Waals surface area contributed by atoms with E-state index in [1.807, 2.05) is 49.2 Å². The fraction of sp³-hybridized carbons (Fsp3) is 0.417. The van der Waals surface area contributed by atoms with E-state index in [-0.39, 0.29) is 36.0 Å². The van der Waals surface area contributed by atoms with Crippen LogP contribution in [0.5, 0.6) is 0 Å². The Morgan fingerprint density at radius 3 is 2.29 bits per heavy atom. The number of carboxylic acid groups (broad SMARTS) is 1. The molecule has 2 aromatic heterocycles. The van der Waals surface area contributed by atoms with Crippen molar-refractivity contribution in [2.45, 2.75) is 69.7 Å². The molecule has 4 N–H and O–H groups in total. The Bertz CT molecular complexity index is 2010. The SMILES string of the molecule is COC(=O)NC(C(=O)N1[C@@H]2C[C@@H]2C[C@H]1c1ncc(-c2ccc3cc(C#Cc4cnc(C5CC6CC6N5C(=O)O)[nH]4)ccc3c2)[nH]1)C(C)C. The first-order chi connectivity index (χ1) is 23.2. The van der Waals surface area contributed by atoms with Gasteiger partial charge < -0.3 is 30.0 Å². The lowest BCUT2D eigenvalue weighted by molar-refractivity contribution is -0.136. The molecule has 2 aromatic carbocycles. The van der Waals surface area contributed by atoms with E-state index in [0.717, 1.165) is 59.1 Å². The molecule has 4 unspecified atom stereocenters. The summed E-state index contributed by atoms with van der Waals surface area (Å²) in [5.74, 6) is 8.45. The number of H-pyrrole nitrogens is 2. The maximum absolute atomic E-state index is 13.7. The van der Waals surface area contributed by atoms with Crippen molar-refractivity contribution in [2.24, 2.45) is 17.8 Å². The maximum Gasteiger partial charge on any atom is 0.408 e. The Kier molecular flexibility index (Phi) is 7.16. The van der Waals surface area contributed by atoms with Crippen LogP contribution in [0.4, 0.5) is 9.59 Å². The summed E-state index contributed by atoms with van der Waals surface area (Å²) in [5.41, 5.74) is 3.36. The molecule has 2 aliphatic carbocycles. The number of methoxy groups -OCH3 is 1. The maximum atomic E-state index is 13.7. The highest BCUT2D eigenvalue weighted by molar-refractivity contribution is 5.88. The molecule has 2 aliphatic heterocycles. The summed E-state index contributed by atoms with van der Waals surface area (Å²) in [6.07, 6.45) is 5.56. The number of hydrogen-bond donors (Lipinski definition) is 4. The number of rotatable bonds is 6. The molecule has 3 amide bonds. The molecular weight excluding hydrogens is 610 g/mol. The second-order valence-corrected chi connectivity index (χ2v) is 13.8. The van der Waals surface area contributed by atoms with Gasteiger partial charge in [0.05, 0.1) is 37.3 Å². The van der Waals surface area contributed by atoms with Gasteiger partial charge in [0.1, 0.15) is 23.4 Å². The van der Waals surface area contributed by atoms with Gasteiger partial charge in [-0.25, -0.2) is 19.6 Å². The van der Waals surface area contributed by atoms with Gasteiger partial charge in [0.25, 0.3) is 0 Å². The Balaban J connectivity index is 0.972. The number of carbonyl (C=O) groups is 3. The lowest BCUT2D eigenvalue weighted by atomic mass is 10.0. The van der Waals surface area contributed by atoms with E-state index in [2.05, 4.69) is 44.2 Å². The molecule has 8 rings (SSSR count).